The van der Waals surface area contributed by atoms with Crippen molar-refractivity contribution in [3.63, 3.8) is 0 Å². The van der Waals surface area contributed by atoms with Gasteiger partial charge in [-0.15, -0.1) is 0 Å². The van der Waals surface area contributed by atoms with Crippen LogP contribution in [-0.2, 0) is 20.6 Å². The summed E-state index contributed by atoms with van der Waals surface area (Å²) in [7, 11) is 3.05. The Kier molecular flexibility index (Phi) is 6.25. The molecule has 0 N–H and O–H groups in total. The second-order valence-corrected chi connectivity index (χ2v) is 9.68. The van der Waals surface area contributed by atoms with Gasteiger partial charge in [0.1, 0.15) is 5.82 Å². The van der Waals surface area contributed by atoms with Gasteiger partial charge in [0.05, 0.1) is 12.1 Å². The van der Waals surface area contributed by atoms with Gasteiger partial charge in [-0.2, -0.15) is 4.98 Å². The fraction of sp³-hybridized carbons (Fsp3) is 0.280. The van der Waals surface area contributed by atoms with E-state index >= 15 is 0 Å². The predicted octanol–water partition coefficient (Wildman–Crippen LogP) is 2.35. The lowest BCUT2D eigenvalue weighted by Gasteiger charge is -2.35. The van der Waals surface area contributed by atoms with Gasteiger partial charge in [0.25, 0.3) is 11.5 Å². The highest BCUT2D eigenvalue weighted by Crippen LogP contribution is 2.24. The Hall–Kier alpha value is -3.73. The Bertz CT molecular complexity index is 1580. The Morgan fingerprint density at radius 3 is 2.31 bits per heavy atom. The summed E-state index contributed by atoms with van der Waals surface area (Å²) >= 11 is 3.44. The highest BCUT2D eigenvalue weighted by molar-refractivity contribution is 9.10. The molecule has 1 fully saturated rings. The first-order valence-electron chi connectivity index (χ1n) is 11.5. The fourth-order valence-corrected chi connectivity index (χ4v) is 4.78. The average Bonchev–Trinajstić information content (AvgIpc) is 3.26. The van der Waals surface area contributed by atoms with Crippen LogP contribution in [0.15, 0.2) is 62.6 Å². The Balaban J connectivity index is 1.51. The van der Waals surface area contributed by atoms with E-state index in [2.05, 4.69) is 15.9 Å². The summed E-state index contributed by atoms with van der Waals surface area (Å²) in [5.41, 5.74) is 0.780. The largest absolute Gasteiger partial charge is 0.339 e. The number of aryl methyl sites for hydroxylation is 1. The van der Waals surface area contributed by atoms with Crippen molar-refractivity contribution in [1.29, 1.82) is 0 Å². The molecule has 0 atom stereocenters. The van der Waals surface area contributed by atoms with Crippen molar-refractivity contribution in [1.82, 2.24) is 23.6 Å². The zero-order valence-corrected chi connectivity index (χ0v) is 21.4. The van der Waals surface area contributed by atoms with E-state index in [4.69, 9.17) is 4.98 Å². The van der Waals surface area contributed by atoms with Gasteiger partial charge in [-0.05, 0) is 29.8 Å². The molecule has 0 spiro atoms. The molecule has 1 aliphatic heterocycles. The number of imidazole rings is 1. The molecule has 1 amide bonds. The second kappa shape index (κ2) is 9.38. The maximum Gasteiger partial charge on any atom is 0.332 e. The molecule has 186 valence electrons. The molecule has 0 aliphatic carbocycles. The molecule has 3 heterocycles. The first-order valence-corrected chi connectivity index (χ1v) is 12.2. The Morgan fingerprint density at radius 2 is 1.64 bits per heavy atom. The minimum atomic E-state index is -0.544. The summed E-state index contributed by atoms with van der Waals surface area (Å²) < 4.78 is 19.4. The van der Waals surface area contributed by atoms with Crippen LogP contribution in [0.1, 0.15) is 15.9 Å². The summed E-state index contributed by atoms with van der Waals surface area (Å²) in [4.78, 5) is 46.9. The molecular formula is C25H24BrFN6O3. The maximum absolute atomic E-state index is 14.1. The third kappa shape index (κ3) is 4.13. The molecule has 0 unspecified atom stereocenters. The van der Waals surface area contributed by atoms with Crippen molar-refractivity contribution >= 4 is 38.9 Å². The molecular weight excluding hydrogens is 531 g/mol. The van der Waals surface area contributed by atoms with E-state index in [1.807, 2.05) is 33.7 Å². The van der Waals surface area contributed by atoms with Crippen molar-refractivity contribution in [3.05, 3.63) is 90.8 Å². The van der Waals surface area contributed by atoms with Crippen LogP contribution >= 0.6 is 15.9 Å². The van der Waals surface area contributed by atoms with Crippen LogP contribution in [0.25, 0.3) is 11.2 Å². The van der Waals surface area contributed by atoms with E-state index in [-0.39, 0.29) is 11.5 Å². The van der Waals surface area contributed by atoms with Gasteiger partial charge in [0.15, 0.2) is 11.2 Å². The van der Waals surface area contributed by atoms with Gasteiger partial charge in [0.2, 0.25) is 5.95 Å². The number of halogens is 2. The number of amides is 1. The van der Waals surface area contributed by atoms with Crippen molar-refractivity contribution in [2.45, 2.75) is 6.54 Å². The summed E-state index contributed by atoms with van der Waals surface area (Å²) in [6.45, 7) is 1.99. The van der Waals surface area contributed by atoms with Gasteiger partial charge in [-0.25, -0.2) is 9.18 Å². The lowest BCUT2D eigenvalue weighted by atomic mass is 10.1. The highest BCUT2D eigenvalue weighted by atomic mass is 79.9. The van der Waals surface area contributed by atoms with Crippen molar-refractivity contribution in [2.24, 2.45) is 14.1 Å². The predicted molar refractivity (Wildman–Crippen MR) is 138 cm³/mol. The van der Waals surface area contributed by atoms with Crippen LogP contribution in [0.4, 0.5) is 10.3 Å². The molecule has 5 rings (SSSR count). The van der Waals surface area contributed by atoms with Crippen LogP contribution in [0.3, 0.4) is 0 Å². The quantitative estimate of drug-likeness (QED) is 0.386. The monoisotopic (exact) mass is 554 g/mol. The fourth-order valence-electron chi connectivity index (χ4n) is 4.51. The molecule has 36 heavy (non-hydrogen) atoms. The smallest absolute Gasteiger partial charge is 0.332 e. The van der Waals surface area contributed by atoms with E-state index in [0.717, 1.165) is 14.6 Å². The number of fused-ring (bicyclic) bond motifs is 1. The molecule has 11 heteroatoms. The highest BCUT2D eigenvalue weighted by Gasteiger charge is 2.28. The van der Waals surface area contributed by atoms with Crippen molar-refractivity contribution < 1.29 is 9.18 Å². The molecule has 0 radical (unpaired) electrons. The van der Waals surface area contributed by atoms with Gasteiger partial charge in [0, 0.05) is 44.7 Å². The number of carbonyl (C=O) groups excluding carboxylic acids is 1. The lowest BCUT2D eigenvalue weighted by molar-refractivity contribution is 0.0741. The number of hydrogen-bond donors (Lipinski definition) is 0. The van der Waals surface area contributed by atoms with Crippen LogP contribution in [0, 0.1) is 5.82 Å². The zero-order valence-electron chi connectivity index (χ0n) is 19.8. The number of benzene rings is 2. The van der Waals surface area contributed by atoms with E-state index < -0.39 is 17.1 Å². The van der Waals surface area contributed by atoms with Crippen LogP contribution < -0.4 is 16.1 Å². The topological polar surface area (TPSA) is 85.4 Å². The molecule has 4 aromatic rings. The molecule has 2 aromatic carbocycles. The number of anilines is 1. The van der Waals surface area contributed by atoms with Crippen LogP contribution in [-0.4, -0.2) is 55.7 Å². The number of aromatic nitrogens is 4. The lowest BCUT2D eigenvalue weighted by Crippen LogP contribution is -2.49. The van der Waals surface area contributed by atoms with Crippen LogP contribution in [0.2, 0.25) is 0 Å². The van der Waals surface area contributed by atoms with E-state index in [1.54, 1.807) is 24.1 Å². The van der Waals surface area contributed by atoms with E-state index in [9.17, 15) is 18.8 Å². The Morgan fingerprint density at radius 1 is 0.972 bits per heavy atom. The first kappa shape index (κ1) is 24.0. The van der Waals surface area contributed by atoms with Gasteiger partial charge < -0.3 is 9.80 Å². The molecule has 0 bridgehead atoms. The summed E-state index contributed by atoms with van der Waals surface area (Å²) in [5, 5.41) is 0. The first-order chi connectivity index (χ1) is 17.3. The van der Waals surface area contributed by atoms with Gasteiger partial charge in [-0.3, -0.25) is 23.3 Å². The number of nitrogens with zero attached hydrogens (tertiary/aromatic N) is 6. The normalized spacial score (nSPS) is 14.0. The minimum Gasteiger partial charge on any atom is -0.339 e. The number of carbonyl (C=O) groups is 1. The number of hydrogen-bond acceptors (Lipinski definition) is 5. The number of rotatable bonds is 4. The van der Waals surface area contributed by atoms with Crippen molar-refractivity contribution in [2.75, 3.05) is 31.1 Å². The molecule has 1 saturated heterocycles. The zero-order chi connectivity index (χ0) is 25.6. The SMILES string of the molecule is Cn1c(=O)c2c(nc(N3CCN(C(=O)c4ccccc4F)CC3)n2Cc2ccc(Br)cc2)n(C)c1=O. The molecule has 2 aromatic heterocycles. The third-order valence-electron chi connectivity index (χ3n) is 6.54. The Labute approximate surface area is 214 Å². The summed E-state index contributed by atoms with van der Waals surface area (Å²) in [5.74, 6) is -0.352. The van der Waals surface area contributed by atoms with Gasteiger partial charge >= 0.3 is 5.69 Å². The second-order valence-electron chi connectivity index (χ2n) is 8.76. The average molecular weight is 555 g/mol. The number of piperazine rings is 1. The van der Waals surface area contributed by atoms with Gasteiger partial charge in [-0.1, -0.05) is 40.2 Å². The standard InChI is InChI=1S/C25H24BrFN6O3/c1-29-21-20(23(35)30(2)25(29)36)33(15-16-7-9-17(26)10-8-16)24(28-21)32-13-11-31(12-14-32)22(34)18-5-3-4-6-19(18)27/h3-10H,11-15H2,1-2H3. The maximum atomic E-state index is 14.1. The third-order valence-corrected chi connectivity index (χ3v) is 7.06. The van der Waals surface area contributed by atoms with E-state index in [1.165, 1.54) is 23.7 Å². The summed E-state index contributed by atoms with van der Waals surface area (Å²) in [6.07, 6.45) is 0. The molecule has 0 saturated carbocycles. The summed E-state index contributed by atoms with van der Waals surface area (Å²) in [6, 6.07) is 13.7. The minimum absolute atomic E-state index is 0.0481. The molecule has 1 aliphatic rings. The van der Waals surface area contributed by atoms with Crippen LogP contribution in [0.5, 0.6) is 0 Å². The van der Waals surface area contributed by atoms with E-state index in [0.29, 0.717) is 49.8 Å². The molecule has 9 nitrogen and oxygen atoms in total. The van der Waals surface area contributed by atoms with Crippen molar-refractivity contribution in [3.8, 4) is 0 Å².